The van der Waals surface area contributed by atoms with E-state index in [1.54, 1.807) is 7.11 Å². The SMILES string of the molecule is COc1ccc2c(c1)c(CCN(C)C)cn2C(=O)N1CCC(N2CCCCC2)CC1.O=CO.O=CO. The lowest BCUT2D eigenvalue weighted by molar-refractivity contribution is -0.123. The van der Waals surface area contributed by atoms with Gasteiger partial charge >= 0.3 is 6.03 Å². The molecule has 1 aromatic carbocycles. The molecular weight excluding hydrogens is 464 g/mol. The highest BCUT2D eigenvalue weighted by Crippen LogP contribution is 2.28. The summed E-state index contributed by atoms with van der Waals surface area (Å²) in [5.41, 5.74) is 2.18. The van der Waals surface area contributed by atoms with E-state index in [9.17, 15) is 4.79 Å². The third-order valence-electron chi connectivity index (χ3n) is 6.77. The van der Waals surface area contributed by atoms with Crippen molar-refractivity contribution in [1.29, 1.82) is 0 Å². The van der Waals surface area contributed by atoms with Crippen molar-refractivity contribution in [1.82, 2.24) is 19.3 Å². The minimum atomic E-state index is -0.250. The number of piperidine rings is 2. The molecule has 2 aliphatic heterocycles. The van der Waals surface area contributed by atoms with Crippen LogP contribution < -0.4 is 4.74 Å². The average Bonchev–Trinajstić information content (AvgIpc) is 3.26. The number of fused-ring (bicyclic) bond motifs is 1. The second-order valence-electron chi connectivity index (χ2n) is 9.27. The zero-order chi connectivity index (χ0) is 26.5. The number of ether oxygens (including phenoxy) is 1. The molecule has 10 heteroatoms. The van der Waals surface area contributed by atoms with E-state index in [4.69, 9.17) is 24.5 Å². The molecule has 2 aliphatic rings. The molecule has 2 N–H and O–H groups in total. The Kier molecular flexibility index (Phi) is 12.2. The number of benzene rings is 1. The van der Waals surface area contributed by atoms with Gasteiger partial charge in [-0.25, -0.2) is 4.79 Å². The highest BCUT2D eigenvalue weighted by atomic mass is 16.5. The number of carbonyl (C=O) groups is 3. The van der Waals surface area contributed by atoms with Gasteiger partial charge in [-0.2, -0.15) is 0 Å². The predicted octanol–water partition coefficient (Wildman–Crippen LogP) is 3.07. The Balaban J connectivity index is 0.000000693. The topological polar surface area (TPSA) is 116 Å². The molecule has 2 saturated heterocycles. The maximum atomic E-state index is 13.4. The van der Waals surface area contributed by atoms with Gasteiger partial charge < -0.3 is 29.6 Å². The largest absolute Gasteiger partial charge is 0.497 e. The van der Waals surface area contributed by atoms with Crippen molar-refractivity contribution in [3.63, 3.8) is 0 Å². The summed E-state index contributed by atoms with van der Waals surface area (Å²) in [4.78, 5) is 37.0. The summed E-state index contributed by atoms with van der Waals surface area (Å²) in [6.45, 7) is 4.62. The van der Waals surface area contributed by atoms with E-state index in [2.05, 4.69) is 30.0 Å². The van der Waals surface area contributed by atoms with Gasteiger partial charge in [-0.15, -0.1) is 0 Å². The number of aromatic nitrogens is 1. The molecule has 200 valence electrons. The van der Waals surface area contributed by atoms with Crippen LogP contribution in [0.3, 0.4) is 0 Å². The molecule has 2 aromatic rings. The number of likely N-dealkylation sites (tertiary alicyclic amines) is 2. The quantitative estimate of drug-likeness (QED) is 0.597. The molecule has 0 bridgehead atoms. The molecule has 0 atom stereocenters. The molecule has 0 radical (unpaired) electrons. The van der Waals surface area contributed by atoms with Gasteiger partial charge in [-0.1, -0.05) is 6.42 Å². The molecule has 1 amide bonds. The summed E-state index contributed by atoms with van der Waals surface area (Å²) in [5, 5.41) is 14.9. The number of carboxylic acid groups (broad SMARTS) is 2. The molecule has 2 fully saturated rings. The van der Waals surface area contributed by atoms with E-state index in [0.29, 0.717) is 6.04 Å². The van der Waals surface area contributed by atoms with Gasteiger partial charge in [0.2, 0.25) is 0 Å². The van der Waals surface area contributed by atoms with E-state index in [-0.39, 0.29) is 19.0 Å². The van der Waals surface area contributed by atoms with Crippen LogP contribution in [0.4, 0.5) is 4.79 Å². The van der Waals surface area contributed by atoms with Gasteiger partial charge in [0.1, 0.15) is 5.75 Å². The average molecular weight is 505 g/mol. The van der Waals surface area contributed by atoms with Crippen molar-refractivity contribution < 1.29 is 29.3 Å². The lowest BCUT2D eigenvalue weighted by Gasteiger charge is -2.40. The van der Waals surface area contributed by atoms with Crippen LogP contribution in [0.5, 0.6) is 5.75 Å². The van der Waals surface area contributed by atoms with Gasteiger partial charge in [-0.05, 0) is 83.1 Å². The number of hydrogen-bond donors (Lipinski definition) is 2. The molecule has 1 aromatic heterocycles. The predicted molar refractivity (Wildman–Crippen MR) is 139 cm³/mol. The molecule has 4 rings (SSSR count). The van der Waals surface area contributed by atoms with Crippen LogP contribution in [0.15, 0.2) is 24.4 Å². The molecule has 0 aliphatic carbocycles. The van der Waals surface area contributed by atoms with E-state index in [1.807, 2.05) is 27.8 Å². The summed E-state index contributed by atoms with van der Waals surface area (Å²) < 4.78 is 7.30. The highest BCUT2D eigenvalue weighted by molar-refractivity contribution is 5.94. The first kappa shape index (κ1) is 29.1. The standard InChI is InChI=1S/C24H36N4O2.2CH2O2/c1-25(2)14-9-19-18-28(23-8-7-21(30-3)17-22(19)23)24(29)27-15-10-20(11-16-27)26-12-5-4-6-13-26;2*2-1-3/h7-8,17-18,20H,4-6,9-16H2,1-3H3;2*1H,(H,2,3). The second kappa shape index (κ2) is 15.1. The summed E-state index contributed by atoms with van der Waals surface area (Å²) in [5.74, 6) is 0.834. The van der Waals surface area contributed by atoms with E-state index in [1.165, 1.54) is 37.9 Å². The fourth-order valence-electron chi connectivity index (χ4n) is 4.96. The Hall–Kier alpha value is -3.11. The number of rotatable bonds is 5. The molecule has 3 heterocycles. The van der Waals surface area contributed by atoms with Crippen molar-refractivity contribution in [2.45, 2.75) is 44.6 Å². The summed E-state index contributed by atoms with van der Waals surface area (Å²) in [6.07, 6.45) is 9.16. The van der Waals surface area contributed by atoms with Crippen molar-refractivity contribution in [2.24, 2.45) is 0 Å². The van der Waals surface area contributed by atoms with Crippen LogP contribution >= 0.6 is 0 Å². The van der Waals surface area contributed by atoms with Gasteiger partial charge in [-0.3, -0.25) is 14.2 Å². The number of nitrogens with zero attached hydrogens (tertiary/aromatic N) is 4. The fraction of sp³-hybridized carbons (Fsp3) is 0.577. The Morgan fingerprint density at radius 3 is 2.22 bits per heavy atom. The lowest BCUT2D eigenvalue weighted by Crippen LogP contribution is -2.48. The number of carbonyl (C=O) groups excluding carboxylic acids is 1. The van der Waals surface area contributed by atoms with Crippen molar-refractivity contribution in [2.75, 3.05) is 53.9 Å². The van der Waals surface area contributed by atoms with Crippen LogP contribution in [0.25, 0.3) is 10.9 Å². The van der Waals surface area contributed by atoms with Crippen LogP contribution in [0, 0.1) is 0 Å². The van der Waals surface area contributed by atoms with Gasteiger partial charge in [0.25, 0.3) is 12.9 Å². The van der Waals surface area contributed by atoms with Gasteiger partial charge in [0, 0.05) is 37.3 Å². The van der Waals surface area contributed by atoms with Crippen molar-refractivity contribution in [3.8, 4) is 5.75 Å². The van der Waals surface area contributed by atoms with Crippen LogP contribution in [-0.4, -0.2) is 108 Å². The minimum Gasteiger partial charge on any atom is -0.497 e. The monoisotopic (exact) mass is 504 g/mol. The molecule has 0 unspecified atom stereocenters. The van der Waals surface area contributed by atoms with Crippen molar-refractivity contribution in [3.05, 3.63) is 30.0 Å². The lowest BCUT2D eigenvalue weighted by atomic mass is 10.0. The van der Waals surface area contributed by atoms with Gasteiger partial charge in [0.05, 0.1) is 12.6 Å². The van der Waals surface area contributed by atoms with E-state index >= 15 is 0 Å². The third-order valence-corrected chi connectivity index (χ3v) is 6.77. The first-order chi connectivity index (χ1) is 17.4. The molecular formula is C26H40N4O6. The zero-order valence-electron chi connectivity index (χ0n) is 21.6. The first-order valence-corrected chi connectivity index (χ1v) is 12.4. The number of hydrogen-bond acceptors (Lipinski definition) is 6. The number of amides is 1. The fourth-order valence-corrected chi connectivity index (χ4v) is 4.96. The number of methoxy groups -OCH3 is 1. The maximum absolute atomic E-state index is 13.4. The summed E-state index contributed by atoms with van der Waals surface area (Å²) >= 11 is 0. The first-order valence-electron chi connectivity index (χ1n) is 12.4. The van der Waals surface area contributed by atoms with E-state index < -0.39 is 0 Å². The maximum Gasteiger partial charge on any atom is 0.328 e. The number of likely N-dealkylation sites (N-methyl/N-ethyl adjacent to an activating group) is 1. The Bertz CT molecular complexity index is 957. The Morgan fingerprint density at radius 2 is 1.67 bits per heavy atom. The Morgan fingerprint density at radius 1 is 1.06 bits per heavy atom. The third kappa shape index (κ3) is 7.96. The van der Waals surface area contributed by atoms with E-state index in [0.717, 1.165) is 55.5 Å². The molecule has 0 spiro atoms. The summed E-state index contributed by atoms with van der Waals surface area (Å²) in [6, 6.07) is 6.79. The molecule has 10 nitrogen and oxygen atoms in total. The van der Waals surface area contributed by atoms with Crippen LogP contribution in [0.2, 0.25) is 0 Å². The summed E-state index contributed by atoms with van der Waals surface area (Å²) in [7, 11) is 5.85. The van der Waals surface area contributed by atoms with Crippen molar-refractivity contribution >= 4 is 29.9 Å². The highest BCUT2D eigenvalue weighted by Gasteiger charge is 2.29. The molecule has 36 heavy (non-hydrogen) atoms. The smallest absolute Gasteiger partial charge is 0.328 e. The second-order valence-corrected chi connectivity index (χ2v) is 9.27. The molecule has 0 saturated carbocycles. The van der Waals surface area contributed by atoms with Crippen LogP contribution in [-0.2, 0) is 16.0 Å². The normalized spacial score (nSPS) is 16.5. The Labute approximate surface area is 213 Å². The zero-order valence-corrected chi connectivity index (χ0v) is 21.6. The van der Waals surface area contributed by atoms with Gasteiger partial charge in [0.15, 0.2) is 0 Å². The minimum absolute atomic E-state index is 0.110. The van der Waals surface area contributed by atoms with Crippen LogP contribution in [0.1, 0.15) is 37.7 Å².